The lowest BCUT2D eigenvalue weighted by Gasteiger charge is -2.36. The fraction of sp³-hybridized carbons (Fsp3) is 0.571. The van der Waals surface area contributed by atoms with Gasteiger partial charge in [-0.25, -0.2) is 4.79 Å². The second-order valence-corrected chi connectivity index (χ2v) is 9.65. The number of anilines is 1. The lowest BCUT2D eigenvalue weighted by Crippen LogP contribution is -2.54. The molecule has 1 aliphatic carbocycles. The van der Waals surface area contributed by atoms with Gasteiger partial charge in [-0.3, -0.25) is 14.5 Å². The summed E-state index contributed by atoms with van der Waals surface area (Å²) in [5.74, 6) is -0.343. The standard InChI is InChI=1S/C21H27N3O3S/c1-14-7-5-6-11-21(14)19(26)24(20(27)22-21)13-18(25)23-12-10-15(2)28-17-9-4-3-8-16(17)23/h3-4,8-9,14-15H,5-7,10-13H2,1-2H3,(H,22,27)/t14-,15-,21+/m0/s1. The van der Waals surface area contributed by atoms with Gasteiger partial charge in [0, 0.05) is 16.7 Å². The Hall–Kier alpha value is -2.02. The molecule has 0 radical (unpaired) electrons. The first-order valence-electron chi connectivity index (χ1n) is 10.1. The summed E-state index contributed by atoms with van der Waals surface area (Å²) in [6, 6.07) is 7.42. The van der Waals surface area contributed by atoms with Crippen molar-refractivity contribution >= 4 is 35.3 Å². The minimum Gasteiger partial charge on any atom is -0.323 e. The highest BCUT2D eigenvalue weighted by Crippen LogP contribution is 2.39. The molecule has 28 heavy (non-hydrogen) atoms. The van der Waals surface area contributed by atoms with Crippen LogP contribution in [-0.4, -0.2) is 46.6 Å². The van der Waals surface area contributed by atoms with E-state index in [1.807, 2.05) is 31.2 Å². The third kappa shape index (κ3) is 3.19. The van der Waals surface area contributed by atoms with E-state index in [2.05, 4.69) is 12.2 Å². The van der Waals surface area contributed by atoms with Gasteiger partial charge in [-0.05, 0) is 37.3 Å². The summed E-state index contributed by atoms with van der Waals surface area (Å²) in [5, 5.41) is 3.33. The van der Waals surface area contributed by atoms with Gasteiger partial charge in [-0.2, -0.15) is 0 Å². The van der Waals surface area contributed by atoms with Gasteiger partial charge in [0.2, 0.25) is 5.91 Å². The predicted octanol–water partition coefficient (Wildman–Crippen LogP) is 3.40. The van der Waals surface area contributed by atoms with Crippen LogP contribution < -0.4 is 10.2 Å². The molecular formula is C21H27N3O3S. The summed E-state index contributed by atoms with van der Waals surface area (Å²) in [5.41, 5.74) is 0.0473. The maximum Gasteiger partial charge on any atom is 0.325 e. The van der Waals surface area contributed by atoms with Crippen LogP contribution in [0.4, 0.5) is 10.5 Å². The topological polar surface area (TPSA) is 69.7 Å². The quantitative estimate of drug-likeness (QED) is 0.771. The van der Waals surface area contributed by atoms with Gasteiger partial charge in [-0.1, -0.05) is 38.8 Å². The number of hydrogen-bond donors (Lipinski definition) is 1. The molecule has 1 N–H and O–H groups in total. The van der Waals surface area contributed by atoms with Crippen LogP contribution in [0.3, 0.4) is 0 Å². The van der Waals surface area contributed by atoms with Crippen LogP contribution in [0.5, 0.6) is 0 Å². The molecule has 0 bridgehead atoms. The second kappa shape index (κ2) is 7.43. The molecule has 1 aromatic rings. The predicted molar refractivity (Wildman–Crippen MR) is 109 cm³/mol. The molecule has 2 fully saturated rings. The molecule has 3 atom stereocenters. The Morgan fingerprint density at radius 2 is 2.00 bits per heavy atom. The number of para-hydroxylation sites is 1. The molecule has 1 saturated carbocycles. The zero-order valence-electron chi connectivity index (χ0n) is 16.4. The molecule has 7 heteroatoms. The van der Waals surface area contributed by atoms with Crippen LogP contribution in [0.2, 0.25) is 0 Å². The molecule has 2 aliphatic heterocycles. The average molecular weight is 402 g/mol. The van der Waals surface area contributed by atoms with Crippen molar-refractivity contribution in [2.75, 3.05) is 18.0 Å². The summed E-state index contributed by atoms with van der Waals surface area (Å²) in [4.78, 5) is 42.9. The molecule has 4 rings (SSSR count). The van der Waals surface area contributed by atoms with E-state index in [1.165, 1.54) is 0 Å². The molecule has 3 aliphatic rings. The second-order valence-electron chi connectivity index (χ2n) is 8.17. The number of carbonyl (C=O) groups excluding carboxylic acids is 3. The number of nitrogens with zero attached hydrogens (tertiary/aromatic N) is 2. The van der Waals surface area contributed by atoms with Crippen molar-refractivity contribution in [3.8, 4) is 0 Å². The summed E-state index contributed by atoms with van der Waals surface area (Å²) in [7, 11) is 0. The first-order chi connectivity index (χ1) is 13.4. The summed E-state index contributed by atoms with van der Waals surface area (Å²) in [6.07, 6.45) is 4.44. The number of urea groups is 1. The Balaban J connectivity index is 1.55. The van der Waals surface area contributed by atoms with E-state index in [0.29, 0.717) is 18.2 Å². The van der Waals surface area contributed by atoms with E-state index in [0.717, 1.165) is 41.2 Å². The largest absolute Gasteiger partial charge is 0.325 e. The van der Waals surface area contributed by atoms with Gasteiger partial charge in [0.05, 0.1) is 5.69 Å². The Kier molecular flexibility index (Phi) is 5.12. The highest BCUT2D eigenvalue weighted by atomic mass is 32.2. The van der Waals surface area contributed by atoms with Crippen LogP contribution in [0, 0.1) is 5.92 Å². The van der Waals surface area contributed by atoms with Crippen molar-refractivity contribution in [1.29, 1.82) is 0 Å². The Bertz CT molecular complexity index is 814. The number of rotatable bonds is 2. The fourth-order valence-corrected chi connectivity index (χ4v) is 5.72. The molecule has 2 heterocycles. The first kappa shape index (κ1) is 19.3. The molecule has 6 nitrogen and oxygen atoms in total. The van der Waals surface area contributed by atoms with Crippen LogP contribution >= 0.6 is 11.8 Å². The van der Waals surface area contributed by atoms with E-state index < -0.39 is 11.6 Å². The van der Waals surface area contributed by atoms with Crippen molar-refractivity contribution in [3.63, 3.8) is 0 Å². The van der Waals surface area contributed by atoms with E-state index >= 15 is 0 Å². The van der Waals surface area contributed by atoms with Crippen molar-refractivity contribution in [2.24, 2.45) is 5.92 Å². The molecule has 4 amide bonds. The van der Waals surface area contributed by atoms with Crippen molar-refractivity contribution < 1.29 is 14.4 Å². The highest BCUT2D eigenvalue weighted by molar-refractivity contribution is 8.00. The number of hydrogen-bond acceptors (Lipinski definition) is 4. The highest BCUT2D eigenvalue weighted by Gasteiger charge is 2.55. The van der Waals surface area contributed by atoms with E-state index in [4.69, 9.17) is 0 Å². The summed E-state index contributed by atoms with van der Waals surface area (Å²) >= 11 is 1.76. The normalized spacial score (nSPS) is 30.2. The summed E-state index contributed by atoms with van der Waals surface area (Å²) in [6.45, 7) is 4.56. The first-order valence-corrected chi connectivity index (χ1v) is 11.0. The maximum absolute atomic E-state index is 13.2. The number of carbonyl (C=O) groups is 3. The fourth-order valence-electron chi connectivity index (χ4n) is 4.61. The lowest BCUT2D eigenvalue weighted by atomic mass is 9.73. The molecule has 1 spiro atoms. The molecular weight excluding hydrogens is 374 g/mol. The Morgan fingerprint density at radius 1 is 1.21 bits per heavy atom. The van der Waals surface area contributed by atoms with Gasteiger partial charge in [-0.15, -0.1) is 11.8 Å². The maximum atomic E-state index is 13.2. The number of benzene rings is 1. The number of thioether (sulfide) groups is 1. The van der Waals surface area contributed by atoms with Gasteiger partial charge >= 0.3 is 6.03 Å². The van der Waals surface area contributed by atoms with Gasteiger partial charge in [0.25, 0.3) is 5.91 Å². The number of amides is 4. The molecule has 1 saturated heterocycles. The van der Waals surface area contributed by atoms with E-state index in [-0.39, 0.29) is 24.3 Å². The minimum absolute atomic E-state index is 0.0916. The minimum atomic E-state index is -0.823. The molecule has 0 aromatic heterocycles. The van der Waals surface area contributed by atoms with E-state index in [9.17, 15) is 14.4 Å². The van der Waals surface area contributed by atoms with Crippen LogP contribution in [0.15, 0.2) is 29.2 Å². The van der Waals surface area contributed by atoms with Crippen molar-refractivity contribution in [2.45, 2.75) is 61.6 Å². The number of imide groups is 1. The Labute approximate surface area is 170 Å². The van der Waals surface area contributed by atoms with Crippen LogP contribution in [0.25, 0.3) is 0 Å². The average Bonchev–Trinajstić information content (AvgIpc) is 2.81. The molecule has 1 aromatic carbocycles. The van der Waals surface area contributed by atoms with Gasteiger partial charge in [0.15, 0.2) is 0 Å². The third-order valence-electron chi connectivity index (χ3n) is 6.34. The SMILES string of the molecule is C[C@H]1CCN(C(=O)CN2C(=O)N[C@@]3(CCCC[C@@H]3C)C2=O)c2ccccc2S1. The van der Waals surface area contributed by atoms with Crippen molar-refractivity contribution in [1.82, 2.24) is 10.2 Å². The van der Waals surface area contributed by atoms with E-state index in [1.54, 1.807) is 16.7 Å². The zero-order chi connectivity index (χ0) is 19.9. The van der Waals surface area contributed by atoms with Gasteiger partial charge in [0.1, 0.15) is 12.1 Å². The Morgan fingerprint density at radius 3 is 2.79 bits per heavy atom. The molecule has 0 unspecified atom stereocenters. The molecule has 150 valence electrons. The zero-order valence-corrected chi connectivity index (χ0v) is 17.3. The number of fused-ring (bicyclic) bond motifs is 1. The lowest BCUT2D eigenvalue weighted by molar-refractivity contribution is -0.136. The van der Waals surface area contributed by atoms with Crippen LogP contribution in [-0.2, 0) is 9.59 Å². The van der Waals surface area contributed by atoms with Gasteiger partial charge < -0.3 is 10.2 Å². The third-order valence-corrected chi connectivity index (χ3v) is 7.58. The summed E-state index contributed by atoms with van der Waals surface area (Å²) < 4.78 is 0. The smallest absolute Gasteiger partial charge is 0.323 e. The van der Waals surface area contributed by atoms with Crippen LogP contribution in [0.1, 0.15) is 46.0 Å². The monoisotopic (exact) mass is 401 g/mol. The number of nitrogens with one attached hydrogen (secondary N) is 1. The van der Waals surface area contributed by atoms with Crippen molar-refractivity contribution in [3.05, 3.63) is 24.3 Å².